The summed E-state index contributed by atoms with van der Waals surface area (Å²) in [6.45, 7) is 6.99. The first kappa shape index (κ1) is 23.0. The summed E-state index contributed by atoms with van der Waals surface area (Å²) in [5.74, 6) is 1.93. The van der Waals surface area contributed by atoms with Crippen LogP contribution in [-0.4, -0.2) is 11.3 Å². The number of hydrogen-bond acceptors (Lipinski definition) is 1. The summed E-state index contributed by atoms with van der Waals surface area (Å²) >= 11 is 0. The minimum absolute atomic E-state index is 0.0544. The van der Waals surface area contributed by atoms with E-state index in [1.807, 2.05) is 0 Å². The predicted octanol–water partition coefficient (Wildman–Crippen LogP) is 7.84. The minimum Gasteiger partial charge on any atom is -0.458 e. The van der Waals surface area contributed by atoms with Crippen molar-refractivity contribution in [3.63, 3.8) is 0 Å². The van der Waals surface area contributed by atoms with Crippen molar-refractivity contribution in [3.05, 3.63) is 121 Å². The molecule has 0 N–H and O–H groups in total. The lowest BCUT2D eigenvalue weighted by molar-refractivity contribution is 0.486. The molecule has 41 heavy (non-hydrogen) atoms. The normalized spacial score (nSPS) is 13.4. The molecule has 2 aliphatic rings. The van der Waals surface area contributed by atoms with Crippen LogP contribution in [0.25, 0.3) is 49.4 Å². The van der Waals surface area contributed by atoms with Crippen LogP contribution in [0.5, 0.6) is 11.5 Å². The van der Waals surface area contributed by atoms with Crippen LogP contribution in [-0.2, 0) is 5.41 Å². The summed E-state index contributed by atoms with van der Waals surface area (Å²) < 4.78 is 9.05. The van der Waals surface area contributed by atoms with Gasteiger partial charge < -0.3 is 9.30 Å². The third-order valence-electron chi connectivity index (χ3n) is 9.20. The maximum Gasteiger partial charge on any atom is 0.252 e. The van der Waals surface area contributed by atoms with E-state index < -0.39 is 0 Å². The van der Waals surface area contributed by atoms with E-state index in [1.165, 1.54) is 71.3 Å². The van der Waals surface area contributed by atoms with Gasteiger partial charge in [-0.2, -0.15) is 0 Å². The molecule has 0 fully saturated rings. The Labute approximate surface area is 239 Å². The number of fused-ring (bicyclic) bond motifs is 8. The zero-order valence-electron chi connectivity index (χ0n) is 23.4. The van der Waals surface area contributed by atoms with E-state index in [4.69, 9.17) is 4.74 Å². The van der Waals surface area contributed by atoms with Crippen LogP contribution in [0, 0.1) is 0 Å². The summed E-state index contributed by atoms with van der Waals surface area (Å²) in [5, 5.41) is 5.29. The predicted molar refractivity (Wildman–Crippen MR) is 174 cm³/mol. The van der Waals surface area contributed by atoms with Gasteiger partial charge in [0.15, 0.2) is 0 Å². The van der Waals surface area contributed by atoms with Gasteiger partial charge in [-0.3, -0.25) is 0 Å². The highest BCUT2D eigenvalue weighted by atomic mass is 16.5. The Hall–Kier alpha value is -4.76. The standard InChI is InChI=1S/C38H28BNO/c1-38(2,3)23-19-20-33-30(21-23)39-29-16-9-15-27-35(29)28(25-14-10-18-34(41-33)37(25)39)22-32-36(27)26-13-7-8-17-31(26)40(32)24-11-5-4-6-12-24/h4-22H,1-3H3. The highest BCUT2D eigenvalue weighted by Crippen LogP contribution is 2.43. The van der Waals surface area contributed by atoms with Crippen LogP contribution >= 0.6 is 0 Å². The topological polar surface area (TPSA) is 14.2 Å². The summed E-state index contributed by atoms with van der Waals surface area (Å²) in [7, 11) is 0. The molecule has 6 aromatic carbocycles. The Morgan fingerprint density at radius 1 is 0.585 bits per heavy atom. The van der Waals surface area contributed by atoms with E-state index in [9.17, 15) is 0 Å². The fourth-order valence-corrected chi connectivity index (χ4v) is 7.37. The first-order chi connectivity index (χ1) is 20.0. The molecule has 0 aliphatic carbocycles. The Morgan fingerprint density at radius 3 is 2.22 bits per heavy atom. The van der Waals surface area contributed by atoms with Crippen LogP contribution in [0.4, 0.5) is 0 Å². The molecule has 0 saturated carbocycles. The van der Waals surface area contributed by atoms with E-state index in [-0.39, 0.29) is 12.1 Å². The summed E-state index contributed by atoms with van der Waals surface area (Å²) in [6, 6.07) is 42.3. The Bertz CT molecular complexity index is 2220. The molecule has 0 amide bonds. The molecule has 0 atom stereocenters. The lowest BCUT2D eigenvalue weighted by atomic mass is 9.32. The van der Waals surface area contributed by atoms with Gasteiger partial charge in [-0.15, -0.1) is 0 Å². The van der Waals surface area contributed by atoms with Crippen LogP contribution in [0.15, 0.2) is 115 Å². The van der Waals surface area contributed by atoms with E-state index >= 15 is 0 Å². The minimum atomic E-state index is 0.0544. The number of benzene rings is 6. The SMILES string of the molecule is CC(C)(C)c1ccc2c(c1)B1c3c(cccc3-c3cc4c(c5cccc1c35)c1ccccc1n4-c1ccccc1)O2. The van der Waals surface area contributed by atoms with Crippen molar-refractivity contribution in [1.29, 1.82) is 0 Å². The molecular formula is C38H28BNO. The monoisotopic (exact) mass is 525 g/mol. The van der Waals surface area contributed by atoms with Gasteiger partial charge in [-0.25, -0.2) is 0 Å². The Morgan fingerprint density at radius 2 is 1.37 bits per heavy atom. The van der Waals surface area contributed by atoms with Gasteiger partial charge >= 0.3 is 0 Å². The molecule has 0 radical (unpaired) electrons. The molecule has 0 spiro atoms. The summed E-state index contributed by atoms with van der Waals surface area (Å²) in [4.78, 5) is 0. The highest BCUT2D eigenvalue weighted by molar-refractivity contribution is 7.00. The second-order valence-corrected chi connectivity index (χ2v) is 12.5. The number of nitrogens with zero attached hydrogens (tertiary/aromatic N) is 1. The number of para-hydroxylation sites is 2. The van der Waals surface area contributed by atoms with Crippen LogP contribution in [0.3, 0.4) is 0 Å². The molecule has 0 unspecified atom stereocenters. The van der Waals surface area contributed by atoms with Crippen LogP contribution in [0.2, 0.25) is 0 Å². The number of rotatable bonds is 1. The van der Waals surface area contributed by atoms with Crippen molar-refractivity contribution in [2.75, 3.05) is 0 Å². The number of hydrogen-bond donors (Lipinski definition) is 0. The van der Waals surface area contributed by atoms with E-state index in [0.717, 1.165) is 11.5 Å². The van der Waals surface area contributed by atoms with Gasteiger partial charge in [0.2, 0.25) is 0 Å². The molecule has 1 aromatic heterocycles. The molecule has 3 heteroatoms. The smallest absolute Gasteiger partial charge is 0.252 e. The molecule has 7 aromatic rings. The van der Waals surface area contributed by atoms with Crippen molar-refractivity contribution in [2.45, 2.75) is 26.2 Å². The van der Waals surface area contributed by atoms with Gasteiger partial charge in [-0.1, -0.05) is 105 Å². The lowest BCUT2D eigenvalue weighted by Crippen LogP contribution is -2.57. The fourth-order valence-electron chi connectivity index (χ4n) is 7.37. The fraction of sp³-hybridized carbons (Fsp3) is 0.105. The average Bonchev–Trinajstić information content (AvgIpc) is 3.33. The third-order valence-corrected chi connectivity index (χ3v) is 9.20. The lowest BCUT2D eigenvalue weighted by Gasteiger charge is -2.34. The highest BCUT2D eigenvalue weighted by Gasteiger charge is 2.40. The molecular weight excluding hydrogens is 497 g/mol. The van der Waals surface area contributed by atoms with Crippen molar-refractivity contribution >= 4 is 55.7 Å². The molecule has 0 bridgehead atoms. The number of aromatic nitrogens is 1. The molecule has 2 nitrogen and oxygen atoms in total. The zero-order valence-corrected chi connectivity index (χ0v) is 23.4. The second kappa shape index (κ2) is 7.92. The van der Waals surface area contributed by atoms with Gasteiger partial charge in [0.1, 0.15) is 11.5 Å². The van der Waals surface area contributed by atoms with Gasteiger partial charge in [0.25, 0.3) is 6.71 Å². The summed E-state index contributed by atoms with van der Waals surface area (Å²) in [5.41, 5.74) is 11.5. The zero-order chi connectivity index (χ0) is 27.5. The van der Waals surface area contributed by atoms with Crippen molar-refractivity contribution in [3.8, 4) is 28.3 Å². The Kier molecular flexibility index (Phi) is 4.44. The van der Waals surface area contributed by atoms with Crippen LogP contribution in [0.1, 0.15) is 26.3 Å². The maximum atomic E-state index is 6.63. The quantitative estimate of drug-likeness (QED) is 0.199. The molecule has 3 heterocycles. The molecule has 2 aliphatic heterocycles. The number of ether oxygens (including phenoxy) is 1. The molecule has 9 rings (SSSR count). The Balaban J connectivity index is 1.46. The maximum absolute atomic E-state index is 6.63. The first-order valence-corrected chi connectivity index (χ1v) is 14.5. The molecule has 194 valence electrons. The average molecular weight is 525 g/mol. The van der Waals surface area contributed by atoms with E-state index in [2.05, 4.69) is 141 Å². The third kappa shape index (κ3) is 3.04. The van der Waals surface area contributed by atoms with Crippen molar-refractivity contribution < 1.29 is 4.74 Å². The second-order valence-electron chi connectivity index (χ2n) is 12.5. The van der Waals surface area contributed by atoms with Crippen LogP contribution < -0.4 is 21.1 Å². The summed E-state index contributed by atoms with van der Waals surface area (Å²) in [6.07, 6.45) is 0. The van der Waals surface area contributed by atoms with Crippen molar-refractivity contribution in [2.24, 2.45) is 0 Å². The largest absolute Gasteiger partial charge is 0.458 e. The van der Waals surface area contributed by atoms with Gasteiger partial charge in [0, 0.05) is 16.5 Å². The van der Waals surface area contributed by atoms with Gasteiger partial charge in [0.05, 0.1) is 11.0 Å². The van der Waals surface area contributed by atoms with Gasteiger partial charge in [-0.05, 0) is 80.2 Å². The van der Waals surface area contributed by atoms with E-state index in [1.54, 1.807) is 0 Å². The molecule has 0 saturated heterocycles. The van der Waals surface area contributed by atoms with Crippen molar-refractivity contribution in [1.82, 2.24) is 4.57 Å². The first-order valence-electron chi connectivity index (χ1n) is 14.5. The van der Waals surface area contributed by atoms with E-state index in [0.29, 0.717) is 0 Å².